The van der Waals surface area contributed by atoms with Gasteiger partial charge in [0.05, 0.1) is 21.3 Å². The highest BCUT2D eigenvalue weighted by atomic mass is 35.5. The highest BCUT2D eigenvalue weighted by molar-refractivity contribution is 7.11. The summed E-state index contributed by atoms with van der Waals surface area (Å²) < 4.78 is 0. The summed E-state index contributed by atoms with van der Waals surface area (Å²) in [4.78, 5) is 28.5. The number of anilines is 2. The Kier molecular flexibility index (Phi) is 5.69. The Hall–Kier alpha value is -2.60. The summed E-state index contributed by atoms with van der Waals surface area (Å²) in [6, 6.07) is 16.2. The lowest BCUT2D eigenvalue weighted by Crippen LogP contribution is -2.32. The maximum atomic E-state index is 13.3. The maximum Gasteiger partial charge on any atom is 0.282 e. The molecule has 2 heterocycles. The molecule has 0 atom stereocenters. The van der Waals surface area contributed by atoms with Gasteiger partial charge in [0.2, 0.25) is 0 Å². The second-order valence-electron chi connectivity index (χ2n) is 7.17. The zero-order valence-corrected chi connectivity index (χ0v) is 18.6. The van der Waals surface area contributed by atoms with E-state index in [1.807, 2.05) is 41.8 Å². The Morgan fingerprint density at radius 2 is 1.67 bits per heavy atom. The molecule has 1 aromatic heterocycles. The molecule has 0 radical (unpaired) electrons. The number of hydrogen-bond acceptors (Lipinski definition) is 4. The summed E-state index contributed by atoms with van der Waals surface area (Å²) in [6.45, 7) is 4.24. The normalized spacial score (nSPS) is 14.2. The molecule has 7 heteroatoms. The monoisotopic (exact) mass is 456 g/mol. The van der Waals surface area contributed by atoms with Crippen LogP contribution in [0.5, 0.6) is 0 Å². The maximum absolute atomic E-state index is 13.3. The van der Waals surface area contributed by atoms with Crippen molar-refractivity contribution in [2.75, 3.05) is 10.2 Å². The first-order valence-electron chi connectivity index (χ1n) is 9.35. The number of thiophene rings is 1. The number of amides is 2. The Morgan fingerprint density at radius 1 is 0.933 bits per heavy atom. The zero-order valence-electron chi connectivity index (χ0n) is 16.3. The minimum absolute atomic E-state index is 0.241. The van der Waals surface area contributed by atoms with E-state index in [4.69, 9.17) is 23.2 Å². The van der Waals surface area contributed by atoms with Gasteiger partial charge in [-0.15, -0.1) is 11.3 Å². The topological polar surface area (TPSA) is 49.4 Å². The highest BCUT2D eigenvalue weighted by Crippen LogP contribution is 2.37. The van der Waals surface area contributed by atoms with Gasteiger partial charge in [-0.2, -0.15) is 0 Å². The van der Waals surface area contributed by atoms with E-state index >= 15 is 0 Å². The lowest BCUT2D eigenvalue weighted by atomic mass is 10.0. The minimum atomic E-state index is -0.435. The number of carbonyl (C=O) groups is 2. The van der Waals surface area contributed by atoms with Crippen LogP contribution in [-0.4, -0.2) is 11.8 Å². The Labute approximate surface area is 188 Å². The minimum Gasteiger partial charge on any atom is -0.350 e. The van der Waals surface area contributed by atoms with Gasteiger partial charge < -0.3 is 5.32 Å². The predicted octanol–water partition coefficient (Wildman–Crippen LogP) is 6.57. The molecule has 3 aromatic rings. The number of rotatable bonds is 5. The summed E-state index contributed by atoms with van der Waals surface area (Å²) in [5.74, 6) is -0.434. The first-order valence-corrected chi connectivity index (χ1v) is 11.0. The van der Waals surface area contributed by atoms with Gasteiger partial charge in [0, 0.05) is 10.6 Å². The Balaban J connectivity index is 1.75. The van der Waals surface area contributed by atoms with E-state index < -0.39 is 11.8 Å². The molecule has 0 spiro atoms. The van der Waals surface area contributed by atoms with Gasteiger partial charge in [-0.1, -0.05) is 55.2 Å². The third-order valence-corrected chi connectivity index (χ3v) is 6.49. The van der Waals surface area contributed by atoms with Crippen LogP contribution >= 0.6 is 34.5 Å². The number of nitrogens with one attached hydrogen (secondary N) is 1. The van der Waals surface area contributed by atoms with E-state index in [1.165, 1.54) is 23.0 Å². The summed E-state index contributed by atoms with van der Waals surface area (Å²) >= 11 is 13.5. The number of carbonyl (C=O) groups excluding carboxylic acids is 2. The van der Waals surface area contributed by atoms with E-state index in [0.29, 0.717) is 22.2 Å². The van der Waals surface area contributed by atoms with Crippen LogP contribution in [0.1, 0.15) is 30.2 Å². The lowest BCUT2D eigenvalue weighted by Gasteiger charge is -2.16. The predicted molar refractivity (Wildman–Crippen MR) is 124 cm³/mol. The van der Waals surface area contributed by atoms with Crippen molar-refractivity contribution in [2.24, 2.45) is 0 Å². The molecule has 0 bridgehead atoms. The molecule has 2 amide bonds. The third-order valence-electron chi connectivity index (χ3n) is 4.86. The van der Waals surface area contributed by atoms with Crippen LogP contribution in [0.4, 0.5) is 11.4 Å². The molecule has 2 aromatic carbocycles. The van der Waals surface area contributed by atoms with Crippen LogP contribution in [0, 0.1) is 0 Å². The van der Waals surface area contributed by atoms with Crippen molar-refractivity contribution in [1.82, 2.24) is 0 Å². The summed E-state index contributed by atoms with van der Waals surface area (Å²) in [6.07, 6.45) is 0. The van der Waals surface area contributed by atoms with E-state index in [2.05, 4.69) is 19.2 Å². The van der Waals surface area contributed by atoms with E-state index in [0.717, 1.165) is 15.5 Å². The van der Waals surface area contributed by atoms with E-state index in [1.54, 1.807) is 12.1 Å². The third kappa shape index (κ3) is 3.76. The quantitative estimate of drug-likeness (QED) is 0.441. The van der Waals surface area contributed by atoms with Crippen molar-refractivity contribution in [3.63, 3.8) is 0 Å². The number of imide groups is 1. The number of halogens is 2. The van der Waals surface area contributed by atoms with Gasteiger partial charge in [0.25, 0.3) is 11.8 Å². The van der Waals surface area contributed by atoms with Gasteiger partial charge in [0.15, 0.2) is 0 Å². The molecule has 4 nitrogen and oxygen atoms in total. The van der Waals surface area contributed by atoms with Crippen LogP contribution < -0.4 is 10.2 Å². The molecule has 0 aliphatic carbocycles. The lowest BCUT2D eigenvalue weighted by molar-refractivity contribution is -0.120. The molecular formula is C23H18Cl2N2O2S. The van der Waals surface area contributed by atoms with Crippen molar-refractivity contribution >= 4 is 63.3 Å². The summed E-state index contributed by atoms with van der Waals surface area (Å²) in [5, 5.41) is 5.67. The zero-order chi connectivity index (χ0) is 21.4. The molecule has 0 fully saturated rings. The van der Waals surface area contributed by atoms with Gasteiger partial charge >= 0.3 is 0 Å². The molecule has 0 saturated heterocycles. The summed E-state index contributed by atoms with van der Waals surface area (Å²) in [5.41, 5.74) is 2.89. The smallest absolute Gasteiger partial charge is 0.282 e. The molecule has 4 rings (SSSR count). The number of benzene rings is 2. The largest absolute Gasteiger partial charge is 0.350 e. The molecule has 1 N–H and O–H groups in total. The molecule has 1 aliphatic rings. The van der Waals surface area contributed by atoms with E-state index in [-0.39, 0.29) is 10.7 Å². The van der Waals surface area contributed by atoms with Crippen LogP contribution in [0.25, 0.3) is 5.57 Å². The molecule has 30 heavy (non-hydrogen) atoms. The van der Waals surface area contributed by atoms with Gasteiger partial charge in [-0.3, -0.25) is 9.59 Å². The van der Waals surface area contributed by atoms with Crippen molar-refractivity contribution in [3.8, 4) is 0 Å². The Bertz CT molecular complexity index is 1150. The van der Waals surface area contributed by atoms with Gasteiger partial charge in [0.1, 0.15) is 5.70 Å². The first kappa shape index (κ1) is 20.7. The molecular weight excluding hydrogens is 439 g/mol. The Morgan fingerprint density at radius 3 is 2.27 bits per heavy atom. The first-order chi connectivity index (χ1) is 14.4. The fourth-order valence-corrected chi connectivity index (χ4v) is 4.31. The van der Waals surface area contributed by atoms with Crippen LogP contribution in [-0.2, 0) is 9.59 Å². The molecule has 152 valence electrons. The van der Waals surface area contributed by atoms with Crippen molar-refractivity contribution in [1.29, 1.82) is 0 Å². The average molecular weight is 457 g/mol. The van der Waals surface area contributed by atoms with Gasteiger partial charge in [-0.05, 0) is 53.3 Å². The summed E-state index contributed by atoms with van der Waals surface area (Å²) in [7, 11) is 0. The highest BCUT2D eigenvalue weighted by Gasteiger charge is 2.40. The average Bonchev–Trinajstić information content (AvgIpc) is 3.32. The standard InChI is InChI=1S/C23H18Cl2N2O2S/c1-13(2)14-5-7-15(8-6-14)26-21-20(19-4-3-11-30-19)22(28)27(23(21)29)16-9-10-17(24)18(25)12-16/h3-13,26H,1-2H3. The molecule has 1 aliphatic heterocycles. The number of nitrogens with zero attached hydrogens (tertiary/aromatic N) is 1. The fraction of sp³-hybridized carbons (Fsp3) is 0.130. The van der Waals surface area contributed by atoms with Crippen molar-refractivity contribution < 1.29 is 9.59 Å². The van der Waals surface area contributed by atoms with Crippen molar-refractivity contribution in [2.45, 2.75) is 19.8 Å². The van der Waals surface area contributed by atoms with E-state index in [9.17, 15) is 9.59 Å². The fourth-order valence-electron chi connectivity index (χ4n) is 3.25. The van der Waals surface area contributed by atoms with Crippen molar-refractivity contribution in [3.05, 3.63) is 86.2 Å². The number of hydrogen-bond donors (Lipinski definition) is 1. The van der Waals surface area contributed by atoms with Crippen LogP contribution in [0.2, 0.25) is 10.0 Å². The second kappa shape index (κ2) is 8.26. The van der Waals surface area contributed by atoms with Crippen LogP contribution in [0.3, 0.4) is 0 Å². The van der Waals surface area contributed by atoms with Gasteiger partial charge in [-0.25, -0.2) is 4.90 Å². The SMILES string of the molecule is CC(C)c1ccc(NC2=C(c3cccs3)C(=O)N(c3ccc(Cl)c(Cl)c3)C2=O)cc1. The second-order valence-corrected chi connectivity index (χ2v) is 8.94. The molecule has 0 saturated carbocycles. The molecule has 0 unspecified atom stereocenters. The van der Waals surface area contributed by atoms with Crippen LogP contribution in [0.15, 0.2) is 65.7 Å².